The molecule has 0 aromatic carbocycles. The lowest BCUT2D eigenvalue weighted by molar-refractivity contribution is -0.503. The van der Waals surface area contributed by atoms with Gasteiger partial charge in [0, 0.05) is 26.1 Å². The van der Waals surface area contributed by atoms with Gasteiger partial charge in [0.1, 0.15) is 0 Å². The van der Waals surface area contributed by atoms with E-state index in [4.69, 9.17) is 24.3 Å². The van der Waals surface area contributed by atoms with Gasteiger partial charge >= 0.3 is 0 Å². The molecule has 0 aliphatic rings. The van der Waals surface area contributed by atoms with Gasteiger partial charge in [-0.3, -0.25) is 0 Å². The Morgan fingerprint density at radius 2 is 1.08 bits per heavy atom. The topological polar surface area (TPSA) is 46.2 Å². The van der Waals surface area contributed by atoms with Crippen molar-refractivity contribution in [3.8, 4) is 0 Å². The van der Waals surface area contributed by atoms with Crippen LogP contribution < -0.4 is 0 Å². The summed E-state index contributed by atoms with van der Waals surface area (Å²) in [5.74, 6) is -0.832. The Hall–Kier alpha value is -0.200. The molecule has 0 aromatic heterocycles. The van der Waals surface area contributed by atoms with Crippen molar-refractivity contribution in [1.29, 1.82) is 0 Å². The maximum Gasteiger partial charge on any atom is 0.234 e. The zero-order chi connectivity index (χ0) is 17.9. The lowest BCUT2D eigenvalue weighted by atomic mass is 10.0. The van der Waals surface area contributed by atoms with E-state index in [1.807, 2.05) is 0 Å². The Kier molecular flexibility index (Phi) is 17.5. The van der Waals surface area contributed by atoms with Gasteiger partial charge in [-0.25, -0.2) is 9.78 Å². The van der Waals surface area contributed by atoms with Gasteiger partial charge < -0.3 is 4.74 Å². The fourth-order valence-electron chi connectivity index (χ4n) is 2.75. The number of hydrogen-bond acceptors (Lipinski definition) is 5. The number of ether oxygens (including phenoxy) is 1. The molecule has 146 valence electrons. The molecule has 0 unspecified atom stereocenters. The zero-order valence-corrected chi connectivity index (χ0v) is 16.4. The van der Waals surface area contributed by atoms with Crippen molar-refractivity contribution >= 4 is 0 Å². The minimum absolute atomic E-state index is 0.691. The van der Waals surface area contributed by atoms with Crippen LogP contribution in [0.1, 0.15) is 90.9 Å². The maximum absolute atomic E-state index is 5.61. The molecule has 0 spiro atoms. The van der Waals surface area contributed by atoms with Gasteiger partial charge in [0.05, 0.1) is 14.2 Å². The van der Waals surface area contributed by atoms with Gasteiger partial charge in [0.15, 0.2) is 0 Å². The Balaban J connectivity index is 4.08. The van der Waals surface area contributed by atoms with E-state index >= 15 is 0 Å². The average Bonchev–Trinajstić information content (AvgIpc) is 2.58. The summed E-state index contributed by atoms with van der Waals surface area (Å²) in [6.07, 6.45) is 13.3. The molecule has 0 rings (SSSR count). The van der Waals surface area contributed by atoms with Crippen molar-refractivity contribution in [3.63, 3.8) is 0 Å². The van der Waals surface area contributed by atoms with Crippen molar-refractivity contribution in [1.82, 2.24) is 0 Å². The molecule has 24 heavy (non-hydrogen) atoms. The molecule has 0 amide bonds. The van der Waals surface area contributed by atoms with E-state index in [-0.39, 0.29) is 0 Å². The summed E-state index contributed by atoms with van der Waals surface area (Å²) < 4.78 is 5.61. The van der Waals surface area contributed by atoms with Gasteiger partial charge in [-0.05, 0) is 19.3 Å². The smallest absolute Gasteiger partial charge is 0.234 e. The van der Waals surface area contributed by atoms with Crippen molar-refractivity contribution < 1.29 is 24.3 Å². The molecule has 0 aliphatic carbocycles. The molecule has 0 fully saturated rings. The summed E-state index contributed by atoms with van der Waals surface area (Å²) in [6.45, 7) is 5.93. The average molecular weight is 349 g/mol. The van der Waals surface area contributed by atoms with Gasteiger partial charge in [0.25, 0.3) is 0 Å². The molecule has 0 saturated heterocycles. The van der Waals surface area contributed by atoms with Crippen LogP contribution in [-0.2, 0) is 24.3 Å². The van der Waals surface area contributed by atoms with Crippen LogP contribution in [0.3, 0.4) is 0 Å². The summed E-state index contributed by atoms with van der Waals surface area (Å²) in [4.78, 5) is 20.7. The molecule has 0 aromatic rings. The second-order valence-electron chi connectivity index (χ2n) is 6.35. The summed E-state index contributed by atoms with van der Waals surface area (Å²) >= 11 is 0. The molecular formula is C19H40O5. The molecule has 0 heterocycles. The minimum Gasteiger partial charge on any atom is -0.381 e. The Labute approximate surface area is 149 Å². The monoisotopic (exact) mass is 348 g/mol. The van der Waals surface area contributed by atoms with E-state index in [2.05, 4.69) is 13.8 Å². The third kappa shape index (κ3) is 13.1. The van der Waals surface area contributed by atoms with Gasteiger partial charge in [-0.15, -0.1) is 0 Å². The fraction of sp³-hybridized carbons (Fsp3) is 1.00. The Bertz CT molecular complexity index is 242. The van der Waals surface area contributed by atoms with Crippen LogP contribution in [-0.4, -0.2) is 33.2 Å². The van der Waals surface area contributed by atoms with Gasteiger partial charge in [0.2, 0.25) is 5.79 Å². The van der Waals surface area contributed by atoms with E-state index in [1.54, 1.807) is 0 Å². The highest BCUT2D eigenvalue weighted by molar-refractivity contribution is 4.68. The molecule has 0 aliphatic heterocycles. The van der Waals surface area contributed by atoms with E-state index in [0.717, 1.165) is 38.7 Å². The minimum atomic E-state index is -0.832. The van der Waals surface area contributed by atoms with Crippen molar-refractivity contribution in [3.05, 3.63) is 0 Å². The maximum atomic E-state index is 5.61. The first kappa shape index (κ1) is 23.8. The van der Waals surface area contributed by atoms with Crippen LogP contribution in [0.25, 0.3) is 0 Å². The normalized spacial score (nSPS) is 12.0. The first-order valence-corrected chi connectivity index (χ1v) is 9.76. The van der Waals surface area contributed by atoms with Crippen molar-refractivity contribution in [2.75, 3.05) is 27.4 Å². The molecule has 0 N–H and O–H groups in total. The van der Waals surface area contributed by atoms with E-state index in [9.17, 15) is 0 Å². The van der Waals surface area contributed by atoms with Crippen LogP contribution in [0.2, 0.25) is 0 Å². The SMILES string of the molecule is CCCCCCCCCC(CCCOCCCC)(OOC)OOC. The Morgan fingerprint density at radius 1 is 0.583 bits per heavy atom. The molecule has 0 radical (unpaired) electrons. The number of rotatable bonds is 19. The summed E-state index contributed by atoms with van der Waals surface area (Å²) in [5.41, 5.74) is 0. The Morgan fingerprint density at radius 3 is 1.67 bits per heavy atom. The first-order valence-electron chi connectivity index (χ1n) is 9.76. The number of hydrogen-bond donors (Lipinski definition) is 0. The second-order valence-corrected chi connectivity index (χ2v) is 6.35. The number of unbranched alkanes of at least 4 members (excludes halogenated alkanes) is 7. The lowest BCUT2D eigenvalue weighted by Crippen LogP contribution is -2.36. The lowest BCUT2D eigenvalue weighted by Gasteiger charge is -2.29. The molecule has 0 saturated carbocycles. The predicted molar refractivity (Wildman–Crippen MR) is 96.5 cm³/mol. The van der Waals surface area contributed by atoms with Crippen LogP contribution in [0, 0.1) is 0 Å². The largest absolute Gasteiger partial charge is 0.381 e. The van der Waals surface area contributed by atoms with Crippen molar-refractivity contribution in [2.45, 2.75) is 96.7 Å². The third-order valence-corrected chi connectivity index (χ3v) is 4.12. The van der Waals surface area contributed by atoms with Crippen LogP contribution in [0.5, 0.6) is 0 Å². The summed E-state index contributed by atoms with van der Waals surface area (Å²) in [5, 5.41) is 0. The van der Waals surface area contributed by atoms with E-state index < -0.39 is 5.79 Å². The summed E-state index contributed by atoms with van der Waals surface area (Å²) in [7, 11) is 3.02. The highest BCUT2D eigenvalue weighted by Gasteiger charge is 2.34. The first-order chi connectivity index (χ1) is 11.7. The van der Waals surface area contributed by atoms with E-state index in [0.29, 0.717) is 13.0 Å². The fourth-order valence-corrected chi connectivity index (χ4v) is 2.75. The molecule has 5 nitrogen and oxygen atoms in total. The molecule has 0 bridgehead atoms. The van der Waals surface area contributed by atoms with E-state index in [1.165, 1.54) is 52.7 Å². The molecule has 0 atom stereocenters. The van der Waals surface area contributed by atoms with Crippen LogP contribution >= 0.6 is 0 Å². The van der Waals surface area contributed by atoms with Crippen LogP contribution in [0.4, 0.5) is 0 Å². The third-order valence-electron chi connectivity index (χ3n) is 4.12. The second kappa shape index (κ2) is 17.6. The predicted octanol–water partition coefficient (Wildman–Crippen LogP) is 5.58. The molecule has 5 heteroatoms. The van der Waals surface area contributed by atoms with Gasteiger partial charge in [-0.1, -0.05) is 58.8 Å². The van der Waals surface area contributed by atoms with Crippen LogP contribution in [0.15, 0.2) is 0 Å². The quantitative estimate of drug-likeness (QED) is 0.132. The van der Waals surface area contributed by atoms with Crippen molar-refractivity contribution in [2.24, 2.45) is 0 Å². The molecular weight excluding hydrogens is 308 g/mol. The standard InChI is InChI=1S/C19H40O5/c1-5-7-9-10-11-12-13-15-19(23-20-3,24-21-4)16-14-18-22-17-8-6-2/h5-18H2,1-4H3. The summed E-state index contributed by atoms with van der Waals surface area (Å²) in [6, 6.07) is 0. The zero-order valence-electron chi connectivity index (χ0n) is 16.4. The highest BCUT2D eigenvalue weighted by atomic mass is 17.3. The van der Waals surface area contributed by atoms with Gasteiger partial charge in [-0.2, -0.15) is 9.78 Å². The highest BCUT2D eigenvalue weighted by Crippen LogP contribution is 2.28.